The minimum absolute atomic E-state index is 0.211. The van der Waals surface area contributed by atoms with Crippen molar-refractivity contribution in [1.29, 1.82) is 0 Å². The number of pyridine rings is 2. The van der Waals surface area contributed by atoms with Crippen LogP contribution in [-0.2, 0) is 6.42 Å². The van der Waals surface area contributed by atoms with E-state index in [1.54, 1.807) is 0 Å². The second-order valence-corrected chi connectivity index (χ2v) is 12.0. The number of imidazole rings is 1. The van der Waals surface area contributed by atoms with Gasteiger partial charge in [-0.2, -0.15) is 0 Å². The molecule has 0 bridgehead atoms. The van der Waals surface area contributed by atoms with Crippen molar-refractivity contribution in [3.05, 3.63) is 168 Å². The second kappa shape index (κ2) is 10.9. The van der Waals surface area contributed by atoms with Gasteiger partial charge in [0, 0.05) is 28.5 Å². The van der Waals surface area contributed by atoms with Crippen molar-refractivity contribution >= 4 is 39.0 Å². The van der Waals surface area contributed by atoms with Crippen LogP contribution in [0.2, 0.25) is 0 Å². The van der Waals surface area contributed by atoms with Gasteiger partial charge in [-0.1, -0.05) is 115 Å². The Balaban J connectivity index is 1.18. The van der Waals surface area contributed by atoms with Crippen LogP contribution in [0.1, 0.15) is 29.0 Å². The SMILES string of the molecule is c1ccc(C2CCc3ccccc3N=C2c2cccc(-c3cccc(-c4nc5c(nc6ccccn65)c5ccccc45)c3)c2)cc1. The molecule has 3 aromatic heterocycles. The molecule has 1 atom stereocenters. The highest BCUT2D eigenvalue weighted by atomic mass is 15.1. The molecule has 4 heterocycles. The van der Waals surface area contributed by atoms with Crippen molar-refractivity contribution in [2.45, 2.75) is 18.8 Å². The molecule has 0 saturated carbocycles. The Bertz CT molecular complexity index is 2440. The Hall–Kier alpha value is -5.87. The molecule has 0 amide bonds. The van der Waals surface area contributed by atoms with E-state index in [0.29, 0.717) is 0 Å². The van der Waals surface area contributed by atoms with Gasteiger partial charge in [0.1, 0.15) is 11.2 Å². The van der Waals surface area contributed by atoms with Crippen molar-refractivity contribution < 1.29 is 0 Å². The van der Waals surface area contributed by atoms with E-state index in [1.807, 2.05) is 24.4 Å². The van der Waals surface area contributed by atoms with Crippen LogP contribution in [0.4, 0.5) is 5.69 Å². The van der Waals surface area contributed by atoms with Crippen LogP contribution < -0.4 is 0 Å². The molecule has 5 aromatic carbocycles. The lowest BCUT2D eigenvalue weighted by molar-refractivity contribution is 0.776. The summed E-state index contributed by atoms with van der Waals surface area (Å²) in [6.45, 7) is 0. The first-order valence-corrected chi connectivity index (χ1v) is 15.9. The zero-order chi connectivity index (χ0) is 30.5. The molecule has 1 aliphatic rings. The number of aromatic nitrogens is 3. The van der Waals surface area contributed by atoms with E-state index in [-0.39, 0.29) is 5.92 Å². The highest BCUT2D eigenvalue weighted by Gasteiger charge is 2.24. The third kappa shape index (κ3) is 4.50. The molecule has 46 heavy (non-hydrogen) atoms. The summed E-state index contributed by atoms with van der Waals surface area (Å²) in [5.41, 5.74) is 13.0. The van der Waals surface area contributed by atoms with Gasteiger partial charge in [-0.3, -0.25) is 9.39 Å². The average molecular weight is 591 g/mol. The van der Waals surface area contributed by atoms with Crippen molar-refractivity contribution in [3.63, 3.8) is 0 Å². The van der Waals surface area contributed by atoms with E-state index < -0.39 is 0 Å². The summed E-state index contributed by atoms with van der Waals surface area (Å²) in [5, 5.41) is 2.21. The van der Waals surface area contributed by atoms with Crippen molar-refractivity contribution in [1.82, 2.24) is 14.4 Å². The Morgan fingerprint density at radius 2 is 1.26 bits per heavy atom. The molecular formula is C42H30N4. The lowest BCUT2D eigenvalue weighted by atomic mass is 9.85. The van der Waals surface area contributed by atoms with Crippen LogP contribution >= 0.6 is 0 Å². The number of rotatable bonds is 4. The molecule has 9 rings (SSSR count). The number of aryl methyl sites for hydroxylation is 1. The standard InChI is InChI=1S/C42H30N4/c1-2-12-28(13-3-1)34-24-23-29-14-4-7-21-37(29)43-39(34)32-17-10-15-30(26-32)31-16-11-18-33(27-31)40-35-19-5-6-20-36(35)41-42(45-40)46-25-9-8-22-38(46)44-41/h1-22,25-27,34H,23-24H2. The van der Waals surface area contributed by atoms with Crippen LogP contribution in [0.15, 0.2) is 157 Å². The summed E-state index contributed by atoms with van der Waals surface area (Å²) in [6.07, 6.45) is 4.06. The van der Waals surface area contributed by atoms with Gasteiger partial charge < -0.3 is 0 Å². The summed E-state index contributed by atoms with van der Waals surface area (Å²) < 4.78 is 2.08. The van der Waals surface area contributed by atoms with Gasteiger partial charge in [-0.15, -0.1) is 0 Å². The molecule has 0 spiro atoms. The van der Waals surface area contributed by atoms with E-state index in [9.17, 15) is 0 Å². The molecule has 8 aromatic rings. The number of aliphatic imine (C=N–C) groups is 1. The summed E-state index contributed by atoms with van der Waals surface area (Å²) >= 11 is 0. The fourth-order valence-electron chi connectivity index (χ4n) is 7.01. The molecule has 0 saturated heterocycles. The van der Waals surface area contributed by atoms with E-state index in [1.165, 1.54) is 11.1 Å². The van der Waals surface area contributed by atoms with Gasteiger partial charge in [0.15, 0.2) is 5.65 Å². The van der Waals surface area contributed by atoms with Crippen LogP contribution in [0.25, 0.3) is 50.0 Å². The number of para-hydroxylation sites is 1. The highest BCUT2D eigenvalue weighted by Crippen LogP contribution is 2.37. The zero-order valence-corrected chi connectivity index (χ0v) is 25.2. The Morgan fingerprint density at radius 3 is 2.13 bits per heavy atom. The van der Waals surface area contributed by atoms with Gasteiger partial charge >= 0.3 is 0 Å². The molecule has 0 fully saturated rings. The topological polar surface area (TPSA) is 42.5 Å². The third-order valence-electron chi connectivity index (χ3n) is 9.25. The maximum atomic E-state index is 5.35. The number of hydrogen-bond acceptors (Lipinski definition) is 3. The first-order valence-electron chi connectivity index (χ1n) is 15.9. The zero-order valence-electron chi connectivity index (χ0n) is 25.2. The highest BCUT2D eigenvalue weighted by molar-refractivity contribution is 6.10. The van der Waals surface area contributed by atoms with Crippen LogP contribution in [0.5, 0.6) is 0 Å². The number of hydrogen-bond donors (Lipinski definition) is 0. The normalized spacial score (nSPS) is 14.7. The Kier molecular flexibility index (Phi) is 6.31. The van der Waals surface area contributed by atoms with Gasteiger partial charge in [-0.05, 0) is 71.0 Å². The molecule has 0 aliphatic carbocycles. The molecular weight excluding hydrogens is 560 g/mol. The van der Waals surface area contributed by atoms with Gasteiger partial charge in [-0.25, -0.2) is 9.97 Å². The van der Waals surface area contributed by atoms with E-state index in [0.717, 1.165) is 79.8 Å². The molecule has 0 N–H and O–H groups in total. The van der Waals surface area contributed by atoms with Gasteiger partial charge in [0.25, 0.3) is 0 Å². The molecule has 4 nitrogen and oxygen atoms in total. The largest absolute Gasteiger partial charge is 0.284 e. The molecule has 1 unspecified atom stereocenters. The third-order valence-corrected chi connectivity index (χ3v) is 9.25. The quantitative estimate of drug-likeness (QED) is 0.205. The van der Waals surface area contributed by atoms with E-state index >= 15 is 0 Å². The van der Waals surface area contributed by atoms with Gasteiger partial charge in [0.05, 0.1) is 17.1 Å². The Morgan fingerprint density at radius 1 is 0.565 bits per heavy atom. The number of fused-ring (bicyclic) bond motifs is 6. The first kappa shape index (κ1) is 26.5. The first-order chi connectivity index (χ1) is 22.8. The molecule has 0 radical (unpaired) electrons. The number of nitrogens with zero attached hydrogens (tertiary/aromatic N) is 4. The smallest absolute Gasteiger partial charge is 0.165 e. The Labute approximate surface area is 267 Å². The predicted molar refractivity (Wildman–Crippen MR) is 189 cm³/mol. The van der Waals surface area contributed by atoms with Crippen LogP contribution in [0, 0.1) is 0 Å². The fourth-order valence-corrected chi connectivity index (χ4v) is 7.01. The van der Waals surface area contributed by atoms with Crippen molar-refractivity contribution in [2.24, 2.45) is 4.99 Å². The number of benzene rings is 5. The summed E-state index contributed by atoms with van der Waals surface area (Å²) in [4.78, 5) is 15.5. The van der Waals surface area contributed by atoms with E-state index in [2.05, 4.69) is 132 Å². The summed E-state index contributed by atoms with van der Waals surface area (Å²) in [5.74, 6) is 0.211. The second-order valence-electron chi connectivity index (χ2n) is 12.0. The molecule has 218 valence electrons. The van der Waals surface area contributed by atoms with Crippen LogP contribution in [-0.4, -0.2) is 20.1 Å². The summed E-state index contributed by atoms with van der Waals surface area (Å²) in [7, 11) is 0. The summed E-state index contributed by atoms with van der Waals surface area (Å²) in [6, 6.07) is 51.6. The van der Waals surface area contributed by atoms with Crippen LogP contribution in [0.3, 0.4) is 0 Å². The average Bonchev–Trinajstić information content (AvgIpc) is 3.39. The molecule has 1 aliphatic heterocycles. The minimum Gasteiger partial charge on any atom is -0.284 e. The van der Waals surface area contributed by atoms with Gasteiger partial charge in [0.2, 0.25) is 0 Å². The predicted octanol–water partition coefficient (Wildman–Crippen LogP) is 10.2. The maximum absolute atomic E-state index is 5.35. The van der Waals surface area contributed by atoms with E-state index in [4.69, 9.17) is 15.0 Å². The minimum atomic E-state index is 0.211. The molecule has 4 heteroatoms. The maximum Gasteiger partial charge on any atom is 0.165 e. The fraction of sp³-hybridized carbons (Fsp3) is 0.0714. The lowest BCUT2D eigenvalue weighted by Crippen LogP contribution is -2.14. The van der Waals surface area contributed by atoms with Crippen molar-refractivity contribution in [2.75, 3.05) is 0 Å². The monoisotopic (exact) mass is 590 g/mol. The lowest BCUT2D eigenvalue weighted by Gasteiger charge is -2.19. The van der Waals surface area contributed by atoms with Crippen molar-refractivity contribution in [3.8, 4) is 22.4 Å².